The van der Waals surface area contributed by atoms with Crippen molar-refractivity contribution < 1.29 is 14.2 Å². The van der Waals surface area contributed by atoms with Crippen LogP contribution < -0.4 is 14.8 Å². The quantitative estimate of drug-likeness (QED) is 0.386. The molecule has 0 spiro atoms. The number of hydrogen-bond acceptors (Lipinski definition) is 5. The molecule has 0 bridgehead atoms. The van der Waals surface area contributed by atoms with Crippen molar-refractivity contribution in [2.75, 3.05) is 60.7 Å². The van der Waals surface area contributed by atoms with Crippen molar-refractivity contribution in [1.82, 2.24) is 15.1 Å². The molecule has 1 N–H and O–H groups in total. The Morgan fingerprint density at radius 2 is 2.00 bits per heavy atom. The minimum Gasteiger partial charge on any atom is -0.497 e. The van der Waals surface area contributed by atoms with E-state index in [1.54, 1.807) is 14.2 Å². The summed E-state index contributed by atoms with van der Waals surface area (Å²) in [6.07, 6.45) is 1.17. The van der Waals surface area contributed by atoms with Crippen LogP contribution in [0.4, 0.5) is 0 Å². The molecule has 2 fully saturated rings. The third-order valence-electron chi connectivity index (χ3n) is 5.17. The van der Waals surface area contributed by atoms with E-state index in [0.717, 1.165) is 62.4 Å². The standard InChI is InChI=1S/C19H30N4O3.HI/c1-20-19(21-13-15-4-5-17(24-2)12-18(15)25-3)23-7-6-16(14-23)22-8-10-26-11-9-22;/h4-5,12,16H,6-11,13-14H2,1-3H3,(H,20,21);1H. The molecule has 1 atom stereocenters. The monoisotopic (exact) mass is 490 g/mol. The van der Waals surface area contributed by atoms with Crippen molar-refractivity contribution in [3.63, 3.8) is 0 Å². The SMILES string of the molecule is CN=C(NCc1ccc(OC)cc1OC)N1CCC(N2CCOCC2)C1.I. The Balaban J connectivity index is 0.00000261. The van der Waals surface area contributed by atoms with Crippen LogP contribution in [0.15, 0.2) is 23.2 Å². The summed E-state index contributed by atoms with van der Waals surface area (Å²) in [6.45, 7) is 6.47. The van der Waals surface area contributed by atoms with Gasteiger partial charge in [0.25, 0.3) is 0 Å². The number of ether oxygens (including phenoxy) is 3. The number of nitrogens with zero attached hydrogens (tertiary/aromatic N) is 3. The van der Waals surface area contributed by atoms with Gasteiger partial charge in [-0.05, 0) is 18.6 Å². The number of morpholine rings is 1. The molecular weight excluding hydrogens is 459 g/mol. The molecule has 3 rings (SSSR count). The molecule has 152 valence electrons. The first kappa shape index (κ1) is 22.0. The summed E-state index contributed by atoms with van der Waals surface area (Å²) in [4.78, 5) is 9.36. The maximum absolute atomic E-state index is 5.48. The fourth-order valence-corrected chi connectivity index (χ4v) is 3.68. The Hall–Kier alpha value is -1.26. The molecule has 2 aliphatic heterocycles. The van der Waals surface area contributed by atoms with Crippen LogP contribution in [-0.4, -0.2) is 82.5 Å². The van der Waals surface area contributed by atoms with Gasteiger partial charge in [0.2, 0.25) is 0 Å². The zero-order valence-corrected chi connectivity index (χ0v) is 18.8. The second kappa shape index (κ2) is 10.9. The summed E-state index contributed by atoms with van der Waals surface area (Å²) >= 11 is 0. The van der Waals surface area contributed by atoms with Crippen molar-refractivity contribution in [3.8, 4) is 11.5 Å². The third-order valence-corrected chi connectivity index (χ3v) is 5.17. The zero-order valence-electron chi connectivity index (χ0n) is 16.4. The van der Waals surface area contributed by atoms with Gasteiger partial charge in [0.05, 0.1) is 27.4 Å². The summed E-state index contributed by atoms with van der Waals surface area (Å²) in [5.41, 5.74) is 1.08. The molecule has 0 aromatic heterocycles. The predicted molar refractivity (Wildman–Crippen MR) is 118 cm³/mol. The summed E-state index contributed by atoms with van der Waals surface area (Å²) in [7, 11) is 5.18. The number of benzene rings is 1. The van der Waals surface area contributed by atoms with E-state index in [-0.39, 0.29) is 24.0 Å². The molecule has 0 aliphatic carbocycles. The average Bonchev–Trinajstić information content (AvgIpc) is 3.19. The number of hydrogen-bond donors (Lipinski definition) is 1. The molecule has 27 heavy (non-hydrogen) atoms. The predicted octanol–water partition coefficient (Wildman–Crippen LogP) is 1.80. The van der Waals surface area contributed by atoms with Crippen LogP contribution in [0.1, 0.15) is 12.0 Å². The van der Waals surface area contributed by atoms with Crippen molar-refractivity contribution in [3.05, 3.63) is 23.8 Å². The highest BCUT2D eigenvalue weighted by molar-refractivity contribution is 14.0. The van der Waals surface area contributed by atoms with E-state index >= 15 is 0 Å². The van der Waals surface area contributed by atoms with E-state index in [1.165, 1.54) is 6.42 Å². The van der Waals surface area contributed by atoms with E-state index in [0.29, 0.717) is 12.6 Å². The van der Waals surface area contributed by atoms with Gasteiger partial charge in [-0.15, -0.1) is 24.0 Å². The molecule has 2 aliphatic rings. The molecule has 0 saturated carbocycles. The van der Waals surface area contributed by atoms with Gasteiger partial charge in [0.15, 0.2) is 5.96 Å². The molecule has 2 saturated heterocycles. The van der Waals surface area contributed by atoms with Crippen LogP contribution in [0.2, 0.25) is 0 Å². The summed E-state index contributed by atoms with van der Waals surface area (Å²) in [5, 5.41) is 3.48. The molecular formula is C19H31IN4O3. The van der Waals surface area contributed by atoms with Gasteiger partial charge < -0.3 is 24.4 Å². The highest BCUT2D eigenvalue weighted by Crippen LogP contribution is 2.24. The molecule has 0 radical (unpaired) electrons. The zero-order chi connectivity index (χ0) is 18.4. The Labute approximate surface area is 179 Å². The highest BCUT2D eigenvalue weighted by atomic mass is 127. The van der Waals surface area contributed by atoms with Crippen LogP contribution in [0.5, 0.6) is 11.5 Å². The van der Waals surface area contributed by atoms with Crippen LogP contribution in [0.3, 0.4) is 0 Å². The van der Waals surface area contributed by atoms with Crippen LogP contribution in [0.25, 0.3) is 0 Å². The van der Waals surface area contributed by atoms with Gasteiger partial charge in [-0.1, -0.05) is 0 Å². The highest BCUT2D eigenvalue weighted by Gasteiger charge is 2.30. The van der Waals surface area contributed by atoms with Gasteiger partial charge in [-0.3, -0.25) is 9.89 Å². The third kappa shape index (κ3) is 5.61. The van der Waals surface area contributed by atoms with E-state index in [4.69, 9.17) is 14.2 Å². The van der Waals surface area contributed by atoms with Gasteiger partial charge in [-0.2, -0.15) is 0 Å². The average molecular weight is 490 g/mol. The summed E-state index contributed by atoms with van der Waals surface area (Å²) in [5.74, 6) is 2.56. The van der Waals surface area contributed by atoms with Gasteiger partial charge >= 0.3 is 0 Å². The number of halogens is 1. The van der Waals surface area contributed by atoms with E-state index in [2.05, 4.69) is 20.1 Å². The summed E-state index contributed by atoms with van der Waals surface area (Å²) < 4.78 is 16.2. The van der Waals surface area contributed by atoms with Gasteiger partial charge in [0, 0.05) is 57.4 Å². The number of methoxy groups -OCH3 is 2. The van der Waals surface area contributed by atoms with Crippen LogP contribution in [0, 0.1) is 0 Å². The Morgan fingerprint density at radius 1 is 1.22 bits per heavy atom. The number of likely N-dealkylation sites (tertiary alicyclic amines) is 1. The minimum atomic E-state index is 0. The van der Waals surface area contributed by atoms with E-state index in [1.807, 2.05) is 25.2 Å². The lowest BCUT2D eigenvalue weighted by atomic mass is 10.2. The maximum Gasteiger partial charge on any atom is 0.193 e. The molecule has 0 amide bonds. The Kier molecular flexibility index (Phi) is 8.91. The smallest absolute Gasteiger partial charge is 0.193 e. The first-order chi connectivity index (χ1) is 12.7. The van der Waals surface area contributed by atoms with Crippen molar-refractivity contribution in [2.24, 2.45) is 4.99 Å². The fourth-order valence-electron chi connectivity index (χ4n) is 3.68. The van der Waals surface area contributed by atoms with Crippen molar-refractivity contribution in [1.29, 1.82) is 0 Å². The Morgan fingerprint density at radius 3 is 2.67 bits per heavy atom. The lowest BCUT2D eigenvalue weighted by Gasteiger charge is -2.32. The normalized spacial score (nSPS) is 20.9. The molecule has 2 heterocycles. The molecule has 1 aromatic carbocycles. The molecule has 7 nitrogen and oxygen atoms in total. The van der Waals surface area contributed by atoms with Crippen molar-refractivity contribution in [2.45, 2.75) is 19.0 Å². The molecule has 1 unspecified atom stereocenters. The number of aliphatic imine (C=N–C) groups is 1. The Bertz CT molecular complexity index is 623. The first-order valence-corrected chi connectivity index (χ1v) is 9.23. The van der Waals surface area contributed by atoms with Gasteiger partial charge in [-0.25, -0.2) is 0 Å². The number of nitrogens with one attached hydrogen (secondary N) is 1. The first-order valence-electron chi connectivity index (χ1n) is 9.23. The lowest BCUT2D eigenvalue weighted by molar-refractivity contribution is 0.0195. The van der Waals surface area contributed by atoms with Crippen LogP contribution in [-0.2, 0) is 11.3 Å². The van der Waals surface area contributed by atoms with Crippen molar-refractivity contribution >= 4 is 29.9 Å². The number of guanidine groups is 1. The summed E-state index contributed by atoms with van der Waals surface area (Å²) in [6, 6.07) is 6.47. The maximum atomic E-state index is 5.48. The number of rotatable bonds is 5. The van der Waals surface area contributed by atoms with E-state index in [9.17, 15) is 0 Å². The van der Waals surface area contributed by atoms with E-state index < -0.39 is 0 Å². The largest absolute Gasteiger partial charge is 0.497 e. The molecule has 1 aromatic rings. The van der Waals surface area contributed by atoms with Crippen LogP contribution >= 0.6 is 24.0 Å². The molecule has 8 heteroatoms. The topological polar surface area (TPSA) is 58.6 Å². The lowest BCUT2D eigenvalue weighted by Crippen LogP contribution is -2.46. The van der Waals surface area contributed by atoms with Gasteiger partial charge in [0.1, 0.15) is 11.5 Å². The second-order valence-corrected chi connectivity index (χ2v) is 6.62. The second-order valence-electron chi connectivity index (χ2n) is 6.62. The fraction of sp³-hybridized carbons (Fsp3) is 0.632. The minimum absolute atomic E-state index is 0.